The van der Waals surface area contributed by atoms with Crippen molar-refractivity contribution in [1.29, 1.82) is 0 Å². The van der Waals surface area contributed by atoms with Crippen LogP contribution in [-0.2, 0) is 6.54 Å². The summed E-state index contributed by atoms with van der Waals surface area (Å²) in [7, 11) is 0. The molecule has 4 heteroatoms. The molecule has 1 aliphatic rings. The van der Waals surface area contributed by atoms with Gasteiger partial charge in [0.25, 0.3) is 0 Å². The van der Waals surface area contributed by atoms with Gasteiger partial charge in [-0.2, -0.15) is 0 Å². The van der Waals surface area contributed by atoms with Crippen molar-refractivity contribution in [2.75, 3.05) is 0 Å². The summed E-state index contributed by atoms with van der Waals surface area (Å²) in [5.41, 5.74) is 2.72. The molecule has 1 saturated carbocycles. The third kappa shape index (κ3) is 3.63. The lowest BCUT2D eigenvalue weighted by Gasteiger charge is -2.26. The van der Waals surface area contributed by atoms with Gasteiger partial charge >= 0.3 is 0 Å². The standard InChI is InChI=1S/C17H22N2O2.C2H6/c1-11-16(12(2)20)15-4-3-9-18-17(15)19(11)10-13-5-7-14(21)8-6-13;1-2/h3-4,9,13-14,21H,5-8,10H2,1-2H3;1-2H3. The van der Waals surface area contributed by atoms with Gasteiger partial charge in [0.05, 0.1) is 6.10 Å². The molecule has 0 aliphatic heterocycles. The Morgan fingerprint density at radius 2 is 1.96 bits per heavy atom. The summed E-state index contributed by atoms with van der Waals surface area (Å²) >= 11 is 0. The first-order chi connectivity index (χ1) is 11.1. The highest BCUT2D eigenvalue weighted by Gasteiger charge is 2.23. The minimum absolute atomic E-state index is 0.100. The van der Waals surface area contributed by atoms with E-state index in [0.29, 0.717) is 5.92 Å². The molecule has 0 unspecified atom stereocenters. The predicted octanol–water partition coefficient (Wildman–Crippen LogP) is 4.12. The SMILES string of the molecule is CC.CC(=O)c1c(C)n(CC2CCC(O)CC2)c2ncccc12. The van der Waals surface area contributed by atoms with Crippen LogP contribution in [0.1, 0.15) is 62.5 Å². The lowest BCUT2D eigenvalue weighted by molar-refractivity contribution is 0.101. The lowest BCUT2D eigenvalue weighted by atomic mass is 9.87. The Morgan fingerprint density at radius 1 is 1.30 bits per heavy atom. The number of hydrogen-bond acceptors (Lipinski definition) is 3. The second-order valence-electron chi connectivity index (χ2n) is 6.18. The van der Waals surface area contributed by atoms with Crippen molar-refractivity contribution in [3.8, 4) is 0 Å². The number of pyridine rings is 1. The van der Waals surface area contributed by atoms with E-state index in [4.69, 9.17) is 0 Å². The molecule has 0 bridgehead atoms. The van der Waals surface area contributed by atoms with Crippen LogP contribution < -0.4 is 0 Å². The summed E-state index contributed by atoms with van der Waals surface area (Å²) in [4.78, 5) is 16.4. The molecule has 0 amide bonds. The zero-order chi connectivity index (χ0) is 17.0. The van der Waals surface area contributed by atoms with E-state index in [1.807, 2.05) is 32.9 Å². The molecule has 2 heterocycles. The van der Waals surface area contributed by atoms with Crippen molar-refractivity contribution in [3.63, 3.8) is 0 Å². The van der Waals surface area contributed by atoms with Gasteiger partial charge in [0.15, 0.2) is 5.78 Å². The maximum atomic E-state index is 12.0. The number of aromatic nitrogens is 2. The Kier molecular flexibility index (Phi) is 5.94. The summed E-state index contributed by atoms with van der Waals surface area (Å²) in [6, 6.07) is 3.86. The van der Waals surface area contributed by atoms with Crippen LogP contribution in [0.15, 0.2) is 18.3 Å². The molecule has 1 aliphatic carbocycles. The smallest absolute Gasteiger partial charge is 0.162 e. The first-order valence-corrected chi connectivity index (χ1v) is 8.70. The van der Waals surface area contributed by atoms with Gasteiger partial charge in [0.2, 0.25) is 0 Å². The number of aliphatic hydroxyl groups excluding tert-OH is 1. The van der Waals surface area contributed by atoms with Gasteiger partial charge in [-0.05, 0) is 57.6 Å². The first kappa shape index (κ1) is 17.7. The Morgan fingerprint density at radius 3 is 2.57 bits per heavy atom. The number of carbonyl (C=O) groups is 1. The van der Waals surface area contributed by atoms with Crippen molar-refractivity contribution in [2.24, 2.45) is 5.92 Å². The van der Waals surface area contributed by atoms with Crippen LogP contribution in [-0.4, -0.2) is 26.5 Å². The highest BCUT2D eigenvalue weighted by molar-refractivity contribution is 6.07. The summed E-state index contributed by atoms with van der Waals surface area (Å²) < 4.78 is 2.19. The monoisotopic (exact) mass is 316 g/mol. The van der Waals surface area contributed by atoms with Crippen molar-refractivity contribution >= 4 is 16.8 Å². The second kappa shape index (κ2) is 7.73. The van der Waals surface area contributed by atoms with Crippen LogP contribution in [0.25, 0.3) is 11.0 Å². The van der Waals surface area contributed by atoms with Gasteiger partial charge in [-0.25, -0.2) is 4.98 Å². The summed E-state index contributed by atoms with van der Waals surface area (Å²) in [6.45, 7) is 8.52. The summed E-state index contributed by atoms with van der Waals surface area (Å²) in [5, 5.41) is 10.6. The lowest BCUT2D eigenvalue weighted by Crippen LogP contribution is -2.22. The highest BCUT2D eigenvalue weighted by Crippen LogP contribution is 2.30. The van der Waals surface area contributed by atoms with Gasteiger partial charge in [-0.15, -0.1) is 0 Å². The third-order valence-electron chi connectivity index (χ3n) is 4.69. The second-order valence-corrected chi connectivity index (χ2v) is 6.18. The van der Waals surface area contributed by atoms with Gasteiger partial charge in [-0.3, -0.25) is 4.79 Å². The van der Waals surface area contributed by atoms with Crippen LogP contribution in [0.5, 0.6) is 0 Å². The topological polar surface area (TPSA) is 55.1 Å². The van der Waals surface area contributed by atoms with Gasteiger partial charge in [0, 0.05) is 29.4 Å². The van der Waals surface area contributed by atoms with E-state index in [2.05, 4.69) is 9.55 Å². The van der Waals surface area contributed by atoms with Crippen LogP contribution in [0, 0.1) is 12.8 Å². The average molecular weight is 316 g/mol. The number of rotatable bonds is 3. The van der Waals surface area contributed by atoms with E-state index in [0.717, 1.165) is 54.5 Å². The normalized spacial score (nSPS) is 20.9. The molecule has 0 aromatic carbocycles. The summed E-state index contributed by atoms with van der Waals surface area (Å²) in [6.07, 6.45) is 5.51. The molecular weight excluding hydrogens is 288 g/mol. The Labute approximate surface area is 138 Å². The number of fused-ring (bicyclic) bond motifs is 1. The van der Waals surface area contributed by atoms with E-state index in [1.165, 1.54) is 0 Å². The zero-order valence-corrected chi connectivity index (χ0v) is 14.7. The minimum atomic E-state index is -0.130. The molecule has 3 rings (SSSR count). The molecule has 1 N–H and O–H groups in total. The molecule has 2 aromatic rings. The number of hydrogen-bond donors (Lipinski definition) is 1. The number of carbonyl (C=O) groups excluding carboxylic acids is 1. The maximum Gasteiger partial charge on any atom is 0.162 e. The van der Waals surface area contributed by atoms with Crippen LogP contribution in [0.3, 0.4) is 0 Å². The van der Waals surface area contributed by atoms with Crippen LogP contribution in [0.2, 0.25) is 0 Å². The fourth-order valence-corrected chi connectivity index (χ4v) is 3.55. The number of Topliss-reactive ketones (excluding diaryl/α,β-unsaturated/α-hetero) is 1. The van der Waals surface area contributed by atoms with Crippen molar-refractivity contribution in [2.45, 2.75) is 66.0 Å². The maximum absolute atomic E-state index is 12.0. The van der Waals surface area contributed by atoms with Crippen molar-refractivity contribution in [3.05, 3.63) is 29.6 Å². The van der Waals surface area contributed by atoms with Crippen molar-refractivity contribution in [1.82, 2.24) is 9.55 Å². The van der Waals surface area contributed by atoms with Crippen LogP contribution >= 0.6 is 0 Å². The van der Waals surface area contributed by atoms with Gasteiger partial charge < -0.3 is 9.67 Å². The fourth-order valence-electron chi connectivity index (χ4n) is 3.55. The molecule has 0 spiro atoms. The molecule has 0 saturated heterocycles. The first-order valence-electron chi connectivity index (χ1n) is 8.70. The van der Waals surface area contributed by atoms with Crippen LogP contribution in [0.4, 0.5) is 0 Å². The van der Waals surface area contributed by atoms with E-state index in [1.54, 1.807) is 13.1 Å². The zero-order valence-electron chi connectivity index (χ0n) is 14.7. The molecule has 23 heavy (non-hydrogen) atoms. The molecule has 4 nitrogen and oxygen atoms in total. The predicted molar refractivity (Wildman–Crippen MR) is 93.8 cm³/mol. The van der Waals surface area contributed by atoms with Gasteiger partial charge in [0.1, 0.15) is 5.65 Å². The quantitative estimate of drug-likeness (QED) is 0.866. The van der Waals surface area contributed by atoms with E-state index >= 15 is 0 Å². The molecule has 0 radical (unpaired) electrons. The third-order valence-corrected chi connectivity index (χ3v) is 4.69. The highest BCUT2D eigenvalue weighted by atomic mass is 16.3. The molecule has 0 atom stereocenters. The molecule has 2 aromatic heterocycles. The van der Waals surface area contributed by atoms with Gasteiger partial charge in [-0.1, -0.05) is 13.8 Å². The number of aliphatic hydroxyl groups is 1. The molecule has 126 valence electrons. The Bertz CT molecular complexity index is 667. The Balaban J connectivity index is 0.000000924. The Hall–Kier alpha value is -1.68. The molecular formula is C19H28N2O2. The average Bonchev–Trinajstić information content (AvgIpc) is 2.84. The fraction of sp³-hybridized carbons (Fsp3) is 0.579. The van der Waals surface area contributed by atoms with E-state index in [-0.39, 0.29) is 11.9 Å². The van der Waals surface area contributed by atoms with E-state index in [9.17, 15) is 9.90 Å². The molecule has 1 fully saturated rings. The van der Waals surface area contributed by atoms with Crippen molar-refractivity contribution < 1.29 is 9.90 Å². The summed E-state index contributed by atoms with van der Waals surface area (Å²) in [5.74, 6) is 0.660. The number of nitrogens with zero attached hydrogens (tertiary/aromatic N) is 2. The van der Waals surface area contributed by atoms with E-state index < -0.39 is 0 Å². The minimum Gasteiger partial charge on any atom is -0.393 e. The largest absolute Gasteiger partial charge is 0.393 e. The number of ketones is 1.